The van der Waals surface area contributed by atoms with E-state index in [4.69, 9.17) is 9.47 Å². The van der Waals surface area contributed by atoms with E-state index in [0.29, 0.717) is 36.7 Å². The first-order valence-electron chi connectivity index (χ1n) is 16.7. The van der Waals surface area contributed by atoms with Gasteiger partial charge in [0.15, 0.2) is 18.1 Å². The van der Waals surface area contributed by atoms with Gasteiger partial charge in [-0.05, 0) is 85.8 Å². The molecule has 13 heteroatoms. The maximum atomic E-state index is 13.5. The molecule has 262 valence electrons. The van der Waals surface area contributed by atoms with Crippen LogP contribution in [0, 0.1) is 33.8 Å². The molecule has 8 atom stereocenters. The van der Waals surface area contributed by atoms with Crippen molar-refractivity contribution >= 4 is 35.1 Å². The fourth-order valence-corrected chi connectivity index (χ4v) is 9.31. The van der Waals surface area contributed by atoms with Gasteiger partial charge in [0.1, 0.15) is 11.6 Å². The first-order valence-corrected chi connectivity index (χ1v) is 16.7. The smallest absolute Gasteiger partial charge is 0.328 e. The molecule has 1 aromatic rings. The minimum absolute atomic E-state index is 0.0308. The van der Waals surface area contributed by atoms with E-state index >= 15 is 0 Å². The highest BCUT2D eigenvalue weighted by Gasteiger charge is 2.66. The molecule has 3 fully saturated rings. The number of aromatic hydroxyl groups is 1. The Morgan fingerprint density at radius 1 is 1.06 bits per heavy atom. The number of allylic oxidation sites excluding steroid dienone is 1. The van der Waals surface area contributed by atoms with Crippen LogP contribution >= 0.6 is 0 Å². The Balaban J connectivity index is 1.14. The standard InChI is InChI=1S/C35H46N2O11/c1-33-13-10-22(38)18-21(33)5-6-23-24(33)11-14-34(2)25(23)12-15-35(34,44)29(40)19-48-31(42)9-8-30(41)36-26(32(43)47-3)16-20-4-7-28(39)27(17-20)37(45)46/h4,7,17-18,23-26,37,39,44-45H,5-6,8-16,19H2,1-3H3,(H,36,41)/t23-,24-,25-,26+,33+,34-,35+/m1/s1. The highest BCUT2D eigenvalue weighted by molar-refractivity contribution is 5.92. The van der Waals surface area contributed by atoms with Gasteiger partial charge >= 0.3 is 11.9 Å². The summed E-state index contributed by atoms with van der Waals surface area (Å²) in [5.41, 5.74) is -1.10. The number of ether oxygens (including phenoxy) is 2. The molecule has 0 bridgehead atoms. The topological polar surface area (TPSA) is 204 Å². The van der Waals surface area contributed by atoms with Gasteiger partial charge in [-0.3, -0.25) is 19.2 Å². The number of aliphatic hydroxyl groups is 1. The van der Waals surface area contributed by atoms with Crippen molar-refractivity contribution in [2.75, 3.05) is 13.7 Å². The highest BCUT2D eigenvalue weighted by atomic mass is 16.8. The lowest BCUT2D eigenvalue weighted by atomic mass is 9.46. The molecule has 1 aromatic carbocycles. The SMILES string of the molecule is COC(=O)[C@H](Cc1ccc(O)c([NH+]([O-])O)c1)NC(=O)CCC(=O)OCC(=O)[C@@]1(O)CC[C@@H]2[C@@H]3CCC4=CC(=O)CC[C@]4(C)[C@@H]3CC[C@]21C. The van der Waals surface area contributed by atoms with Gasteiger partial charge in [0.25, 0.3) is 0 Å². The summed E-state index contributed by atoms with van der Waals surface area (Å²) < 4.78 is 9.99. The lowest BCUT2D eigenvalue weighted by molar-refractivity contribution is -0.991. The second-order valence-corrected chi connectivity index (χ2v) is 14.4. The molecule has 0 saturated heterocycles. The molecule has 13 nitrogen and oxygen atoms in total. The Labute approximate surface area is 279 Å². The predicted molar refractivity (Wildman–Crippen MR) is 168 cm³/mol. The third-order valence-electron chi connectivity index (χ3n) is 12.0. The molecular weight excluding hydrogens is 624 g/mol. The molecule has 5 rings (SSSR count). The minimum atomic E-state index is -1.64. The van der Waals surface area contributed by atoms with Crippen LogP contribution in [0.2, 0.25) is 0 Å². The minimum Gasteiger partial charge on any atom is -0.595 e. The van der Waals surface area contributed by atoms with Gasteiger partial charge in [-0.25, -0.2) is 10.0 Å². The number of Topliss-reactive ketones (excluding diaryl/α,β-unsaturated/α-hetero) is 1. The van der Waals surface area contributed by atoms with Crippen LogP contribution in [0.4, 0.5) is 5.69 Å². The van der Waals surface area contributed by atoms with Gasteiger partial charge in [-0.1, -0.05) is 25.5 Å². The van der Waals surface area contributed by atoms with Crippen LogP contribution < -0.4 is 10.5 Å². The van der Waals surface area contributed by atoms with Gasteiger partial charge < -0.3 is 30.2 Å². The monoisotopic (exact) mass is 670 g/mol. The van der Waals surface area contributed by atoms with Gasteiger partial charge in [0.05, 0.1) is 13.5 Å². The molecule has 3 saturated carbocycles. The maximum Gasteiger partial charge on any atom is 0.328 e. The number of quaternary nitrogens is 1. The number of esters is 2. The number of phenolic OH excluding ortho intramolecular Hbond substituents is 1. The number of ketones is 2. The Bertz CT molecular complexity index is 1510. The maximum absolute atomic E-state index is 13.5. The van der Waals surface area contributed by atoms with Gasteiger partial charge in [0, 0.05) is 30.7 Å². The zero-order valence-electron chi connectivity index (χ0n) is 27.7. The van der Waals surface area contributed by atoms with Crippen LogP contribution in [0.5, 0.6) is 5.75 Å². The number of hydrogen-bond donors (Lipinski definition) is 5. The Morgan fingerprint density at radius 2 is 1.79 bits per heavy atom. The number of methoxy groups -OCH3 is 1. The molecule has 4 aliphatic rings. The van der Waals surface area contributed by atoms with Crippen LogP contribution in [0.15, 0.2) is 29.8 Å². The molecule has 0 radical (unpaired) electrons. The fraction of sp³-hybridized carbons (Fsp3) is 0.629. The summed E-state index contributed by atoms with van der Waals surface area (Å²) in [5.74, 6) is -2.19. The molecule has 0 heterocycles. The van der Waals surface area contributed by atoms with Crippen molar-refractivity contribution in [3.8, 4) is 5.75 Å². The summed E-state index contributed by atoms with van der Waals surface area (Å²) >= 11 is 0. The zero-order valence-corrected chi connectivity index (χ0v) is 27.7. The van der Waals surface area contributed by atoms with Crippen molar-refractivity contribution in [1.82, 2.24) is 5.32 Å². The first kappa shape index (κ1) is 35.7. The van der Waals surface area contributed by atoms with Crippen molar-refractivity contribution in [2.45, 2.75) is 96.1 Å². The number of benzene rings is 1. The quantitative estimate of drug-likeness (QED) is 0.131. The third kappa shape index (κ3) is 6.52. The number of fused-ring (bicyclic) bond motifs is 5. The first-order chi connectivity index (χ1) is 22.6. The van der Waals surface area contributed by atoms with Crippen molar-refractivity contribution in [3.63, 3.8) is 0 Å². The van der Waals surface area contributed by atoms with Crippen molar-refractivity contribution < 1.29 is 54.1 Å². The molecule has 1 unspecified atom stereocenters. The van der Waals surface area contributed by atoms with E-state index < -0.39 is 58.3 Å². The molecule has 4 aliphatic carbocycles. The Hall–Kier alpha value is -3.65. The number of amides is 1. The highest BCUT2D eigenvalue weighted by Crippen LogP contribution is 2.67. The molecule has 48 heavy (non-hydrogen) atoms. The predicted octanol–water partition coefficient (Wildman–Crippen LogP) is 2.15. The summed E-state index contributed by atoms with van der Waals surface area (Å²) in [4.78, 5) is 63.2. The number of nitrogens with one attached hydrogen (secondary N) is 2. The lowest BCUT2D eigenvalue weighted by Crippen LogP contribution is -2.99. The van der Waals surface area contributed by atoms with E-state index in [1.165, 1.54) is 23.8 Å². The number of carbonyl (C=O) groups is 5. The largest absolute Gasteiger partial charge is 0.595 e. The van der Waals surface area contributed by atoms with Gasteiger partial charge in [0.2, 0.25) is 17.4 Å². The fourth-order valence-electron chi connectivity index (χ4n) is 9.31. The summed E-state index contributed by atoms with van der Waals surface area (Å²) in [5, 5.41) is 43.3. The van der Waals surface area contributed by atoms with E-state index in [1.807, 2.05) is 13.0 Å². The second kappa shape index (κ2) is 13.7. The van der Waals surface area contributed by atoms with Crippen molar-refractivity contribution in [2.24, 2.45) is 28.6 Å². The molecular formula is C35H46N2O11. The van der Waals surface area contributed by atoms with Crippen LogP contribution in [0.3, 0.4) is 0 Å². The summed E-state index contributed by atoms with van der Waals surface area (Å²) in [6.45, 7) is 3.65. The number of hydrogen-bond acceptors (Lipinski definition) is 11. The summed E-state index contributed by atoms with van der Waals surface area (Å²) in [6, 6.07) is 2.57. The van der Waals surface area contributed by atoms with E-state index in [2.05, 4.69) is 12.2 Å². The molecule has 0 aliphatic heterocycles. The summed E-state index contributed by atoms with van der Waals surface area (Å²) in [7, 11) is 1.13. The van der Waals surface area contributed by atoms with Crippen molar-refractivity contribution in [1.29, 1.82) is 0 Å². The lowest BCUT2D eigenvalue weighted by Gasteiger charge is -2.58. The van der Waals surface area contributed by atoms with E-state index in [0.717, 1.165) is 32.8 Å². The molecule has 1 amide bonds. The van der Waals surface area contributed by atoms with Crippen LogP contribution in [0.25, 0.3) is 0 Å². The zero-order chi connectivity index (χ0) is 35.0. The van der Waals surface area contributed by atoms with E-state index in [1.54, 1.807) is 0 Å². The average molecular weight is 671 g/mol. The van der Waals surface area contributed by atoms with Gasteiger partial charge in [-0.15, -0.1) is 0 Å². The number of carbonyl (C=O) groups excluding carboxylic acids is 5. The third-order valence-corrected chi connectivity index (χ3v) is 12.0. The van der Waals surface area contributed by atoms with Crippen LogP contribution in [-0.2, 0) is 39.9 Å². The average Bonchev–Trinajstić information content (AvgIpc) is 3.34. The molecule has 5 N–H and O–H groups in total. The van der Waals surface area contributed by atoms with Crippen LogP contribution in [0.1, 0.15) is 83.6 Å². The number of phenols is 1. The summed E-state index contributed by atoms with van der Waals surface area (Å²) in [6.07, 6.45) is 6.67. The van der Waals surface area contributed by atoms with Crippen LogP contribution in [-0.4, -0.2) is 70.2 Å². The Morgan fingerprint density at radius 3 is 2.50 bits per heavy atom. The normalized spacial score (nSPS) is 32.1. The molecule has 0 aromatic heterocycles. The Kier molecular flexibility index (Phi) is 10.2. The van der Waals surface area contributed by atoms with Gasteiger partial charge in [-0.2, -0.15) is 5.23 Å². The molecule has 0 spiro atoms. The second-order valence-electron chi connectivity index (χ2n) is 14.4. The van der Waals surface area contributed by atoms with E-state index in [-0.39, 0.29) is 48.5 Å². The number of rotatable bonds is 11. The van der Waals surface area contributed by atoms with E-state index in [9.17, 15) is 44.6 Å². The van der Waals surface area contributed by atoms with Crippen molar-refractivity contribution in [3.05, 3.63) is 40.6 Å².